The molecule has 1 amide bonds. The van der Waals surface area contributed by atoms with E-state index in [1.165, 1.54) is 0 Å². The fourth-order valence-electron chi connectivity index (χ4n) is 1.74. The molecule has 1 N–H and O–H groups in total. The van der Waals surface area contributed by atoms with Crippen LogP contribution in [0.5, 0.6) is 0 Å². The number of carbonyl (C=O) groups excluding carboxylic acids is 1. The molecule has 1 heterocycles. The first kappa shape index (κ1) is 13.6. The normalized spacial score (nSPS) is 10.2. The van der Waals surface area contributed by atoms with Crippen LogP contribution in [0.1, 0.15) is 17.5 Å². The Kier molecular flexibility index (Phi) is 4.53. The average molecular weight is 275 g/mol. The zero-order chi connectivity index (χ0) is 13.7. The number of halogens is 1. The summed E-state index contributed by atoms with van der Waals surface area (Å²) in [5.41, 5.74) is 2.77. The van der Waals surface area contributed by atoms with Crippen LogP contribution in [0.3, 0.4) is 0 Å². The minimum absolute atomic E-state index is 0.0467. The van der Waals surface area contributed by atoms with Gasteiger partial charge in [-0.2, -0.15) is 0 Å². The van der Waals surface area contributed by atoms with E-state index in [1.807, 2.05) is 37.3 Å². The first-order valence-corrected chi connectivity index (χ1v) is 6.48. The van der Waals surface area contributed by atoms with Gasteiger partial charge in [0.15, 0.2) is 0 Å². The Morgan fingerprint density at radius 1 is 1.37 bits per heavy atom. The lowest BCUT2D eigenvalue weighted by molar-refractivity contribution is -0.116. The molecule has 19 heavy (non-hydrogen) atoms. The van der Waals surface area contributed by atoms with Gasteiger partial charge >= 0.3 is 0 Å². The fraction of sp³-hybridized carbons (Fsp3) is 0.200. The van der Waals surface area contributed by atoms with Crippen LogP contribution in [-0.2, 0) is 11.2 Å². The van der Waals surface area contributed by atoms with Gasteiger partial charge in [-0.3, -0.25) is 9.78 Å². The summed E-state index contributed by atoms with van der Waals surface area (Å²) in [5.74, 6) is -0.0467. The Bertz CT molecular complexity index is 570. The van der Waals surface area contributed by atoms with Gasteiger partial charge in [-0.15, -0.1) is 0 Å². The number of aromatic nitrogens is 1. The number of carbonyl (C=O) groups is 1. The van der Waals surface area contributed by atoms with E-state index in [1.54, 1.807) is 12.4 Å². The zero-order valence-electron chi connectivity index (χ0n) is 10.7. The van der Waals surface area contributed by atoms with E-state index >= 15 is 0 Å². The molecule has 1 aromatic heterocycles. The summed E-state index contributed by atoms with van der Waals surface area (Å²) < 4.78 is 0. The molecule has 3 nitrogen and oxygen atoms in total. The molecule has 0 saturated carbocycles. The van der Waals surface area contributed by atoms with Crippen molar-refractivity contribution in [3.63, 3.8) is 0 Å². The van der Waals surface area contributed by atoms with Gasteiger partial charge in [-0.1, -0.05) is 23.7 Å². The van der Waals surface area contributed by atoms with Crippen molar-refractivity contribution in [1.29, 1.82) is 0 Å². The Balaban J connectivity index is 1.91. The third-order valence-corrected chi connectivity index (χ3v) is 3.07. The maximum absolute atomic E-state index is 11.8. The zero-order valence-corrected chi connectivity index (χ0v) is 11.4. The SMILES string of the molecule is Cc1ccc(NC(=O)CCc2cccnc2)c(Cl)c1. The minimum atomic E-state index is -0.0467. The molecule has 0 saturated heterocycles. The largest absolute Gasteiger partial charge is 0.325 e. The van der Waals surface area contributed by atoms with Crippen LogP contribution >= 0.6 is 11.6 Å². The molecule has 0 aliphatic rings. The highest BCUT2D eigenvalue weighted by Gasteiger charge is 2.06. The Labute approximate surface area is 117 Å². The van der Waals surface area contributed by atoms with Crippen LogP contribution in [0.15, 0.2) is 42.7 Å². The molecule has 0 aliphatic carbocycles. The molecule has 98 valence electrons. The summed E-state index contributed by atoms with van der Waals surface area (Å²) in [6.45, 7) is 1.96. The quantitative estimate of drug-likeness (QED) is 0.925. The van der Waals surface area contributed by atoms with Crippen LogP contribution in [-0.4, -0.2) is 10.9 Å². The molecule has 0 fully saturated rings. The van der Waals surface area contributed by atoms with E-state index in [-0.39, 0.29) is 5.91 Å². The topological polar surface area (TPSA) is 42.0 Å². The molecular formula is C15H15ClN2O. The van der Waals surface area contributed by atoms with Crippen molar-refractivity contribution in [2.24, 2.45) is 0 Å². The van der Waals surface area contributed by atoms with E-state index in [2.05, 4.69) is 10.3 Å². The first-order chi connectivity index (χ1) is 9.15. The number of benzene rings is 1. The average Bonchev–Trinajstić information content (AvgIpc) is 2.41. The van der Waals surface area contributed by atoms with Crippen molar-refractivity contribution in [1.82, 2.24) is 4.98 Å². The lowest BCUT2D eigenvalue weighted by atomic mass is 10.1. The van der Waals surface area contributed by atoms with E-state index in [0.717, 1.165) is 11.1 Å². The summed E-state index contributed by atoms with van der Waals surface area (Å²) in [4.78, 5) is 15.9. The number of aryl methyl sites for hydroxylation is 2. The molecule has 1 aromatic carbocycles. The number of anilines is 1. The number of amides is 1. The number of hydrogen-bond donors (Lipinski definition) is 1. The summed E-state index contributed by atoms with van der Waals surface area (Å²) in [6.07, 6.45) is 4.57. The van der Waals surface area contributed by atoms with E-state index in [0.29, 0.717) is 23.6 Å². The molecule has 0 unspecified atom stereocenters. The second-order valence-electron chi connectivity index (χ2n) is 4.39. The van der Waals surface area contributed by atoms with Crippen molar-refractivity contribution in [2.75, 3.05) is 5.32 Å². The van der Waals surface area contributed by atoms with Gasteiger partial charge in [0, 0.05) is 18.8 Å². The maximum Gasteiger partial charge on any atom is 0.224 e. The van der Waals surface area contributed by atoms with Gasteiger partial charge in [-0.25, -0.2) is 0 Å². The van der Waals surface area contributed by atoms with Gasteiger partial charge < -0.3 is 5.32 Å². The van der Waals surface area contributed by atoms with Crippen LogP contribution in [0.4, 0.5) is 5.69 Å². The van der Waals surface area contributed by atoms with E-state index < -0.39 is 0 Å². The van der Waals surface area contributed by atoms with Crippen molar-refractivity contribution >= 4 is 23.2 Å². The number of rotatable bonds is 4. The van der Waals surface area contributed by atoms with Crippen molar-refractivity contribution < 1.29 is 4.79 Å². The summed E-state index contributed by atoms with van der Waals surface area (Å²) in [5, 5.41) is 3.38. The van der Waals surface area contributed by atoms with Crippen molar-refractivity contribution in [3.05, 3.63) is 58.9 Å². The Hall–Kier alpha value is -1.87. The second kappa shape index (κ2) is 6.34. The third-order valence-electron chi connectivity index (χ3n) is 2.76. The summed E-state index contributed by atoms with van der Waals surface area (Å²) in [6, 6.07) is 9.39. The molecule has 0 spiro atoms. The summed E-state index contributed by atoms with van der Waals surface area (Å²) >= 11 is 6.07. The standard InChI is InChI=1S/C15H15ClN2O/c1-11-4-6-14(13(16)9-11)18-15(19)7-5-12-3-2-8-17-10-12/h2-4,6,8-10H,5,7H2,1H3,(H,18,19). The number of nitrogens with one attached hydrogen (secondary N) is 1. The first-order valence-electron chi connectivity index (χ1n) is 6.10. The summed E-state index contributed by atoms with van der Waals surface area (Å²) in [7, 11) is 0. The van der Waals surface area contributed by atoms with E-state index in [9.17, 15) is 4.79 Å². The highest BCUT2D eigenvalue weighted by Crippen LogP contribution is 2.22. The van der Waals surface area contributed by atoms with E-state index in [4.69, 9.17) is 11.6 Å². The number of hydrogen-bond acceptors (Lipinski definition) is 2. The van der Waals surface area contributed by atoms with Gasteiger partial charge in [0.1, 0.15) is 0 Å². The van der Waals surface area contributed by atoms with Crippen LogP contribution in [0.25, 0.3) is 0 Å². The van der Waals surface area contributed by atoms with Gasteiger partial charge in [0.25, 0.3) is 0 Å². The highest BCUT2D eigenvalue weighted by atomic mass is 35.5. The number of nitrogens with zero attached hydrogens (tertiary/aromatic N) is 1. The molecule has 0 bridgehead atoms. The maximum atomic E-state index is 11.8. The molecule has 2 aromatic rings. The molecule has 0 radical (unpaired) electrons. The Morgan fingerprint density at radius 3 is 2.89 bits per heavy atom. The predicted molar refractivity (Wildman–Crippen MR) is 77.4 cm³/mol. The van der Waals surface area contributed by atoms with Crippen LogP contribution < -0.4 is 5.32 Å². The second-order valence-corrected chi connectivity index (χ2v) is 4.80. The fourth-order valence-corrected chi connectivity index (χ4v) is 2.02. The minimum Gasteiger partial charge on any atom is -0.325 e. The van der Waals surface area contributed by atoms with Crippen molar-refractivity contribution in [3.8, 4) is 0 Å². The monoisotopic (exact) mass is 274 g/mol. The highest BCUT2D eigenvalue weighted by molar-refractivity contribution is 6.33. The van der Waals surface area contributed by atoms with Crippen LogP contribution in [0, 0.1) is 6.92 Å². The molecule has 0 atom stereocenters. The van der Waals surface area contributed by atoms with Gasteiger partial charge in [0.05, 0.1) is 10.7 Å². The van der Waals surface area contributed by atoms with Gasteiger partial charge in [0.2, 0.25) is 5.91 Å². The smallest absolute Gasteiger partial charge is 0.224 e. The Morgan fingerprint density at radius 2 is 2.21 bits per heavy atom. The lowest BCUT2D eigenvalue weighted by Crippen LogP contribution is -2.12. The molecule has 4 heteroatoms. The molecule has 0 aliphatic heterocycles. The third kappa shape index (κ3) is 4.07. The number of pyridine rings is 1. The molecular weight excluding hydrogens is 260 g/mol. The van der Waals surface area contributed by atoms with Gasteiger partial charge in [-0.05, 0) is 42.7 Å². The lowest BCUT2D eigenvalue weighted by Gasteiger charge is -2.07. The van der Waals surface area contributed by atoms with Crippen LogP contribution in [0.2, 0.25) is 5.02 Å². The van der Waals surface area contributed by atoms with Crippen molar-refractivity contribution in [2.45, 2.75) is 19.8 Å². The predicted octanol–water partition coefficient (Wildman–Crippen LogP) is 3.61. The molecule has 2 rings (SSSR count).